The molecule has 0 nitrogen and oxygen atoms in total. The zero-order chi connectivity index (χ0) is 25.1. The average molecular weight is 511 g/mol. The molecule has 1 aliphatic rings. The molecule has 0 N–H and O–H groups in total. The van der Waals surface area contributed by atoms with Crippen LogP contribution in [0.5, 0.6) is 0 Å². The van der Waals surface area contributed by atoms with Gasteiger partial charge in [-0.3, -0.25) is 0 Å². The Morgan fingerprint density at radius 2 is 1.21 bits per heavy atom. The van der Waals surface area contributed by atoms with Crippen molar-refractivity contribution < 1.29 is 16.6 Å². The third kappa shape index (κ3) is 4.31. The summed E-state index contributed by atoms with van der Waals surface area (Å²) < 4.78 is 1.84. The van der Waals surface area contributed by atoms with E-state index in [2.05, 4.69) is 126 Å². The van der Waals surface area contributed by atoms with E-state index in [9.17, 15) is 0 Å². The monoisotopic (exact) mass is 510 g/mol. The predicted molar refractivity (Wildman–Crippen MR) is 153 cm³/mol. The van der Waals surface area contributed by atoms with Gasteiger partial charge in [0.2, 0.25) is 0 Å². The van der Waals surface area contributed by atoms with Gasteiger partial charge in [-0.25, -0.2) is 0 Å². The molecule has 2 atom stereocenters. The van der Waals surface area contributed by atoms with E-state index < -0.39 is 32.7 Å². The second-order valence-corrected chi connectivity index (χ2v) is 30.2. The SMILES string of the molecule is CC1=C(C)C(C)([Si](C)(c2cccc(C)c2)c2cc(C)cc([Si](C)(C)C)c2)[C]([Ti]([CH3])([CH3])[CH3])=C1C. The van der Waals surface area contributed by atoms with Gasteiger partial charge < -0.3 is 0 Å². The Balaban J connectivity index is 2.52. The molecule has 3 heteroatoms. The molecule has 0 heterocycles. The van der Waals surface area contributed by atoms with Crippen LogP contribution >= 0.6 is 0 Å². The van der Waals surface area contributed by atoms with Crippen LogP contribution in [-0.2, 0) is 16.6 Å². The van der Waals surface area contributed by atoms with Crippen molar-refractivity contribution in [3.63, 3.8) is 0 Å². The Morgan fingerprint density at radius 3 is 1.73 bits per heavy atom. The fourth-order valence-electron chi connectivity index (χ4n) is 6.55. The minimum atomic E-state index is -2.23. The summed E-state index contributed by atoms with van der Waals surface area (Å²) in [5.41, 5.74) is 7.59. The maximum atomic E-state index is 2.69. The summed E-state index contributed by atoms with van der Waals surface area (Å²) in [6.07, 6.45) is 0. The molecule has 2 aromatic rings. The van der Waals surface area contributed by atoms with E-state index in [-0.39, 0.29) is 5.04 Å². The van der Waals surface area contributed by atoms with Crippen molar-refractivity contribution in [2.75, 3.05) is 0 Å². The van der Waals surface area contributed by atoms with Gasteiger partial charge in [-0.2, -0.15) is 0 Å². The van der Waals surface area contributed by atoms with Gasteiger partial charge >= 0.3 is 211 Å². The number of allylic oxidation sites excluding steroid dienone is 4. The summed E-state index contributed by atoms with van der Waals surface area (Å²) in [5.74, 6) is 0. The molecule has 2 aromatic carbocycles. The molecule has 33 heavy (non-hydrogen) atoms. The van der Waals surface area contributed by atoms with Crippen LogP contribution in [0.3, 0.4) is 0 Å². The quantitative estimate of drug-likeness (QED) is 0.361. The number of aryl methyl sites for hydroxylation is 2. The molecule has 1 aliphatic carbocycles. The third-order valence-electron chi connectivity index (χ3n) is 8.62. The normalized spacial score (nSPS) is 21.6. The van der Waals surface area contributed by atoms with Crippen LogP contribution in [0.15, 0.2) is 63.1 Å². The van der Waals surface area contributed by atoms with E-state index in [1.165, 1.54) is 11.1 Å². The van der Waals surface area contributed by atoms with Crippen LogP contribution in [0.2, 0.25) is 46.9 Å². The van der Waals surface area contributed by atoms with Crippen molar-refractivity contribution in [1.82, 2.24) is 0 Å². The second-order valence-electron chi connectivity index (χ2n) is 13.0. The number of hydrogen-bond acceptors (Lipinski definition) is 0. The van der Waals surface area contributed by atoms with Gasteiger partial charge in [0.15, 0.2) is 0 Å². The summed E-state index contributed by atoms with van der Waals surface area (Å²) in [7, 11) is -3.67. The molecule has 0 spiro atoms. The molecule has 0 aromatic heterocycles. The summed E-state index contributed by atoms with van der Waals surface area (Å²) >= 11 is -2.17. The standard InChI is InChI=1S/C27H37Si2.3CH3.Ti/c1-19-12-11-13-24(14-19)29(10,27(6)18-21(3)22(4)23(27)5)26-16-20(2)15-25(17-26)28(7,8)9;;;;/h11-17H,1-10H3;3*1H3;. The molecule has 3 rings (SSSR count). The molecule has 0 aliphatic heterocycles. The van der Waals surface area contributed by atoms with E-state index in [1.54, 1.807) is 32.3 Å². The third-order valence-corrected chi connectivity index (χ3v) is 20.3. The summed E-state index contributed by atoms with van der Waals surface area (Å²) in [6, 6.07) is 17.2. The van der Waals surface area contributed by atoms with Gasteiger partial charge in [-0.1, -0.05) is 0 Å². The van der Waals surface area contributed by atoms with Crippen molar-refractivity contribution in [3.8, 4) is 0 Å². The molecular weight excluding hydrogens is 464 g/mol. The second kappa shape index (κ2) is 8.62. The fourth-order valence-corrected chi connectivity index (χ4v) is 20.4. The zero-order valence-electron chi connectivity index (χ0n) is 23.5. The number of hydrogen-bond donors (Lipinski definition) is 0. The van der Waals surface area contributed by atoms with Crippen molar-refractivity contribution in [3.05, 3.63) is 74.2 Å². The van der Waals surface area contributed by atoms with Crippen molar-refractivity contribution in [2.45, 2.75) is 88.5 Å². The van der Waals surface area contributed by atoms with Crippen LogP contribution in [0.4, 0.5) is 0 Å². The Kier molecular flexibility index (Phi) is 6.97. The van der Waals surface area contributed by atoms with Crippen molar-refractivity contribution in [1.29, 1.82) is 0 Å². The van der Waals surface area contributed by atoms with Crippen molar-refractivity contribution >= 4 is 31.7 Å². The van der Waals surface area contributed by atoms with Gasteiger partial charge in [0.05, 0.1) is 0 Å². The van der Waals surface area contributed by atoms with E-state index in [1.807, 2.05) is 3.88 Å². The topological polar surface area (TPSA) is 0 Å². The zero-order valence-corrected chi connectivity index (χ0v) is 27.1. The number of rotatable bonds is 5. The van der Waals surface area contributed by atoms with Gasteiger partial charge in [-0.05, 0) is 0 Å². The summed E-state index contributed by atoms with van der Waals surface area (Å²) in [6.45, 7) is 24.6. The molecule has 0 saturated heterocycles. The van der Waals surface area contributed by atoms with Crippen LogP contribution < -0.4 is 15.6 Å². The van der Waals surface area contributed by atoms with E-state index in [4.69, 9.17) is 0 Å². The van der Waals surface area contributed by atoms with Gasteiger partial charge in [0, 0.05) is 0 Å². The molecular formula is C30H46Si2Ti. The van der Waals surface area contributed by atoms with E-state index >= 15 is 0 Å². The molecule has 0 radical (unpaired) electrons. The van der Waals surface area contributed by atoms with Crippen molar-refractivity contribution in [2.24, 2.45) is 0 Å². The first kappa shape index (κ1) is 26.7. The van der Waals surface area contributed by atoms with Crippen LogP contribution in [-0.4, -0.2) is 16.1 Å². The van der Waals surface area contributed by atoms with Crippen LogP contribution in [0, 0.1) is 13.8 Å². The van der Waals surface area contributed by atoms with E-state index in [0.717, 1.165) is 0 Å². The molecule has 0 amide bonds. The van der Waals surface area contributed by atoms with Gasteiger partial charge in [-0.15, -0.1) is 0 Å². The van der Waals surface area contributed by atoms with Gasteiger partial charge in [0.1, 0.15) is 0 Å². The maximum absolute atomic E-state index is 2.69. The van der Waals surface area contributed by atoms with Gasteiger partial charge in [0.25, 0.3) is 0 Å². The molecule has 0 fully saturated rings. The first-order valence-corrected chi connectivity index (χ1v) is 24.0. The Bertz CT molecular complexity index is 1160. The number of benzene rings is 2. The Morgan fingerprint density at radius 1 is 0.667 bits per heavy atom. The molecule has 2 unspecified atom stereocenters. The first-order valence-electron chi connectivity index (χ1n) is 12.6. The Hall–Kier alpha value is -0.932. The van der Waals surface area contributed by atoms with Crippen LogP contribution in [0.1, 0.15) is 38.8 Å². The molecule has 0 bridgehead atoms. The van der Waals surface area contributed by atoms with E-state index in [0.29, 0.717) is 0 Å². The molecule has 178 valence electrons. The molecule has 0 saturated carbocycles. The van der Waals surface area contributed by atoms with Crippen LogP contribution in [0.25, 0.3) is 0 Å². The predicted octanol–water partition coefficient (Wildman–Crippen LogP) is 7.72. The average Bonchev–Trinajstić information content (AvgIpc) is 2.87. The Labute approximate surface area is 210 Å². The minimum absolute atomic E-state index is 0.109. The summed E-state index contributed by atoms with van der Waals surface area (Å²) in [5, 5.41) is 12.7. The first-order chi connectivity index (χ1) is 15.0. The fraction of sp³-hybridized carbons (Fsp3) is 0.467. The summed E-state index contributed by atoms with van der Waals surface area (Å²) in [4.78, 5) is 0.